The molecule has 1 fully saturated rings. The highest BCUT2D eigenvalue weighted by Crippen LogP contribution is 2.20. The summed E-state index contributed by atoms with van der Waals surface area (Å²) >= 11 is 0. The van der Waals surface area contributed by atoms with E-state index in [2.05, 4.69) is 0 Å². The van der Waals surface area contributed by atoms with Crippen molar-refractivity contribution in [3.8, 4) is 5.75 Å². The zero-order valence-corrected chi connectivity index (χ0v) is 14.1. The predicted molar refractivity (Wildman–Crippen MR) is 89.5 cm³/mol. The van der Waals surface area contributed by atoms with Crippen LogP contribution in [0.2, 0.25) is 0 Å². The van der Waals surface area contributed by atoms with Crippen molar-refractivity contribution in [2.24, 2.45) is 11.7 Å². The van der Waals surface area contributed by atoms with Gasteiger partial charge in [-0.2, -0.15) is 0 Å². The summed E-state index contributed by atoms with van der Waals surface area (Å²) in [6.45, 7) is 6.82. The Morgan fingerprint density at radius 2 is 1.74 bits per heavy atom. The van der Waals surface area contributed by atoms with Crippen molar-refractivity contribution >= 4 is 11.7 Å². The van der Waals surface area contributed by atoms with Crippen molar-refractivity contribution in [2.45, 2.75) is 45.8 Å². The minimum absolute atomic E-state index is 0.0317. The van der Waals surface area contributed by atoms with Crippen LogP contribution < -0.4 is 10.5 Å². The second-order valence-electron chi connectivity index (χ2n) is 6.49. The van der Waals surface area contributed by atoms with E-state index >= 15 is 0 Å². The molecule has 126 valence electrons. The minimum atomic E-state index is -0.424. The minimum Gasteiger partial charge on any atom is -0.490 e. The second kappa shape index (κ2) is 7.59. The number of benzene rings is 1. The van der Waals surface area contributed by atoms with Gasteiger partial charge in [-0.1, -0.05) is 13.8 Å². The average Bonchev–Trinajstić information content (AvgIpc) is 2.54. The first-order valence-electron chi connectivity index (χ1n) is 8.20. The molecule has 0 aromatic heterocycles. The number of carbonyl (C=O) groups is 2. The summed E-state index contributed by atoms with van der Waals surface area (Å²) in [4.78, 5) is 25.3. The summed E-state index contributed by atoms with van der Waals surface area (Å²) in [6, 6.07) is 6.77. The van der Waals surface area contributed by atoms with E-state index in [1.807, 2.05) is 30.9 Å². The molecule has 1 saturated heterocycles. The van der Waals surface area contributed by atoms with E-state index < -0.39 is 6.04 Å². The van der Waals surface area contributed by atoms with Gasteiger partial charge < -0.3 is 15.4 Å². The number of carbonyl (C=O) groups excluding carboxylic acids is 2. The number of hydrogen-bond acceptors (Lipinski definition) is 4. The van der Waals surface area contributed by atoms with Crippen LogP contribution in [0.3, 0.4) is 0 Å². The molecule has 0 spiro atoms. The molecular weight excluding hydrogens is 292 g/mol. The zero-order valence-electron chi connectivity index (χ0n) is 14.1. The van der Waals surface area contributed by atoms with Gasteiger partial charge in [0.2, 0.25) is 5.91 Å². The summed E-state index contributed by atoms with van der Waals surface area (Å²) in [5.74, 6) is 0.990. The topological polar surface area (TPSA) is 72.6 Å². The van der Waals surface area contributed by atoms with E-state index in [0.717, 1.165) is 18.6 Å². The van der Waals surface area contributed by atoms with Crippen LogP contribution >= 0.6 is 0 Å². The number of rotatable bonds is 5. The first-order chi connectivity index (χ1) is 10.9. The SMILES string of the molecule is CC(=O)c1ccc(OC2CCN(C(=O)[C@@H](N)C(C)C)CC2)cc1. The van der Waals surface area contributed by atoms with Gasteiger partial charge in [-0.25, -0.2) is 0 Å². The maximum absolute atomic E-state index is 12.2. The molecule has 1 aliphatic rings. The molecule has 2 rings (SSSR count). The van der Waals surface area contributed by atoms with E-state index in [0.29, 0.717) is 18.7 Å². The zero-order chi connectivity index (χ0) is 17.0. The van der Waals surface area contributed by atoms with Crippen molar-refractivity contribution in [1.29, 1.82) is 0 Å². The van der Waals surface area contributed by atoms with E-state index in [4.69, 9.17) is 10.5 Å². The van der Waals surface area contributed by atoms with Crippen molar-refractivity contribution < 1.29 is 14.3 Å². The normalized spacial score (nSPS) is 17.2. The van der Waals surface area contributed by atoms with E-state index in [-0.39, 0.29) is 23.7 Å². The molecule has 0 saturated carbocycles. The molecular formula is C18H26N2O3. The lowest BCUT2D eigenvalue weighted by Crippen LogP contribution is -2.50. The van der Waals surface area contributed by atoms with Crippen LogP contribution in [0.5, 0.6) is 5.75 Å². The fraction of sp³-hybridized carbons (Fsp3) is 0.556. The van der Waals surface area contributed by atoms with Gasteiger partial charge in [-0.15, -0.1) is 0 Å². The molecule has 1 atom stereocenters. The van der Waals surface area contributed by atoms with E-state index in [9.17, 15) is 9.59 Å². The highest BCUT2D eigenvalue weighted by molar-refractivity contribution is 5.94. The number of ether oxygens (including phenoxy) is 1. The quantitative estimate of drug-likeness (QED) is 0.845. The fourth-order valence-electron chi connectivity index (χ4n) is 2.65. The van der Waals surface area contributed by atoms with Crippen LogP contribution in [0.15, 0.2) is 24.3 Å². The third-order valence-corrected chi connectivity index (χ3v) is 4.32. The molecule has 5 heteroatoms. The molecule has 0 radical (unpaired) electrons. The van der Waals surface area contributed by atoms with Crippen molar-refractivity contribution in [3.05, 3.63) is 29.8 Å². The Morgan fingerprint density at radius 3 is 2.22 bits per heavy atom. The Balaban J connectivity index is 1.85. The summed E-state index contributed by atoms with van der Waals surface area (Å²) < 4.78 is 5.95. The molecule has 0 unspecified atom stereocenters. The lowest BCUT2D eigenvalue weighted by Gasteiger charge is -2.34. The first kappa shape index (κ1) is 17.5. The summed E-state index contributed by atoms with van der Waals surface area (Å²) in [6.07, 6.45) is 1.69. The smallest absolute Gasteiger partial charge is 0.239 e. The fourth-order valence-corrected chi connectivity index (χ4v) is 2.65. The molecule has 5 nitrogen and oxygen atoms in total. The first-order valence-corrected chi connectivity index (χ1v) is 8.20. The Bertz CT molecular complexity index is 546. The summed E-state index contributed by atoms with van der Waals surface area (Å²) in [5, 5.41) is 0. The Hall–Kier alpha value is -1.88. The van der Waals surface area contributed by atoms with Crippen LogP contribution in [0.25, 0.3) is 0 Å². The number of nitrogens with zero attached hydrogens (tertiary/aromatic N) is 1. The summed E-state index contributed by atoms with van der Waals surface area (Å²) in [5.41, 5.74) is 6.62. The number of hydrogen-bond donors (Lipinski definition) is 1. The van der Waals surface area contributed by atoms with Gasteiger partial charge in [0.15, 0.2) is 5.78 Å². The van der Waals surface area contributed by atoms with Crippen LogP contribution in [0, 0.1) is 5.92 Å². The third-order valence-electron chi connectivity index (χ3n) is 4.32. The largest absolute Gasteiger partial charge is 0.490 e. The number of piperidine rings is 1. The van der Waals surface area contributed by atoms with Crippen molar-refractivity contribution in [3.63, 3.8) is 0 Å². The second-order valence-corrected chi connectivity index (χ2v) is 6.49. The third kappa shape index (κ3) is 4.55. The van der Waals surface area contributed by atoms with Crippen LogP contribution in [0.4, 0.5) is 0 Å². The van der Waals surface area contributed by atoms with E-state index in [1.165, 1.54) is 0 Å². The molecule has 2 N–H and O–H groups in total. The highest BCUT2D eigenvalue weighted by atomic mass is 16.5. The molecule has 23 heavy (non-hydrogen) atoms. The molecule has 1 aliphatic heterocycles. The van der Waals surface area contributed by atoms with Crippen LogP contribution in [-0.4, -0.2) is 41.8 Å². The summed E-state index contributed by atoms with van der Waals surface area (Å²) in [7, 11) is 0. The Kier molecular flexibility index (Phi) is 5.77. The molecule has 1 aromatic carbocycles. The van der Waals surface area contributed by atoms with Crippen molar-refractivity contribution in [1.82, 2.24) is 4.90 Å². The van der Waals surface area contributed by atoms with Gasteiger partial charge in [0.25, 0.3) is 0 Å². The van der Waals surface area contributed by atoms with Crippen molar-refractivity contribution in [2.75, 3.05) is 13.1 Å². The number of likely N-dealkylation sites (tertiary alicyclic amines) is 1. The number of nitrogens with two attached hydrogens (primary N) is 1. The molecule has 1 aromatic rings. The molecule has 1 heterocycles. The van der Waals surface area contributed by atoms with E-state index in [1.54, 1.807) is 19.1 Å². The molecule has 0 aliphatic carbocycles. The number of Topliss-reactive ketones (excluding diaryl/α,β-unsaturated/α-hetero) is 1. The lowest BCUT2D eigenvalue weighted by atomic mass is 10.0. The van der Waals surface area contributed by atoms with Crippen LogP contribution in [-0.2, 0) is 4.79 Å². The predicted octanol–water partition coefficient (Wildman–Crippen LogP) is 2.24. The van der Waals surface area contributed by atoms with Gasteiger partial charge in [0.05, 0.1) is 6.04 Å². The maximum Gasteiger partial charge on any atom is 0.239 e. The molecule has 1 amide bonds. The number of ketones is 1. The maximum atomic E-state index is 12.2. The van der Waals surface area contributed by atoms with Crippen LogP contribution in [0.1, 0.15) is 44.0 Å². The van der Waals surface area contributed by atoms with Gasteiger partial charge in [0.1, 0.15) is 11.9 Å². The molecule has 0 bridgehead atoms. The van der Waals surface area contributed by atoms with Gasteiger partial charge >= 0.3 is 0 Å². The number of amides is 1. The highest BCUT2D eigenvalue weighted by Gasteiger charge is 2.28. The van der Waals surface area contributed by atoms with Gasteiger partial charge in [-0.05, 0) is 37.1 Å². The Labute approximate surface area is 137 Å². The standard InChI is InChI=1S/C18H26N2O3/c1-12(2)17(19)18(22)20-10-8-16(9-11-20)23-15-6-4-14(5-7-15)13(3)21/h4-7,12,16-17H,8-11,19H2,1-3H3/t17-/m0/s1. The van der Waals surface area contributed by atoms with Gasteiger partial charge in [0, 0.05) is 31.5 Å². The lowest BCUT2D eigenvalue weighted by molar-refractivity contribution is -0.135. The Morgan fingerprint density at radius 1 is 1.17 bits per heavy atom. The average molecular weight is 318 g/mol. The monoisotopic (exact) mass is 318 g/mol. The van der Waals surface area contributed by atoms with Gasteiger partial charge in [-0.3, -0.25) is 9.59 Å².